The Morgan fingerprint density at radius 1 is 1.36 bits per heavy atom. The number of aromatic nitrogens is 2. The van der Waals surface area contributed by atoms with Crippen LogP contribution in [0.1, 0.15) is 5.89 Å². The molecule has 1 aromatic carbocycles. The Labute approximate surface area is 85.7 Å². The molecule has 0 bridgehead atoms. The summed E-state index contributed by atoms with van der Waals surface area (Å²) >= 11 is 5.82. The maximum atomic E-state index is 5.82. The van der Waals surface area contributed by atoms with Crippen molar-refractivity contribution in [3.05, 3.63) is 35.2 Å². The second kappa shape index (κ2) is 3.77. The lowest BCUT2D eigenvalue weighted by molar-refractivity contribution is 0.508. The molecule has 72 valence electrons. The van der Waals surface area contributed by atoms with Crippen LogP contribution < -0.4 is 5.73 Å². The first-order valence-corrected chi connectivity index (χ1v) is 4.46. The van der Waals surface area contributed by atoms with Gasteiger partial charge in [-0.3, -0.25) is 0 Å². The van der Waals surface area contributed by atoms with Crippen molar-refractivity contribution in [3.8, 4) is 11.5 Å². The molecular formula is C9H8ClN3O. The van der Waals surface area contributed by atoms with Crippen LogP contribution in [0.4, 0.5) is 0 Å². The van der Waals surface area contributed by atoms with E-state index in [0.29, 0.717) is 16.8 Å². The van der Waals surface area contributed by atoms with Gasteiger partial charge in [-0.25, -0.2) is 0 Å². The highest BCUT2D eigenvalue weighted by Crippen LogP contribution is 2.20. The highest BCUT2D eigenvalue weighted by Gasteiger charge is 2.06. The molecule has 4 nitrogen and oxygen atoms in total. The molecule has 2 rings (SSSR count). The number of nitrogens with two attached hydrogens (primary N) is 1. The van der Waals surface area contributed by atoms with Gasteiger partial charge in [0.05, 0.1) is 6.54 Å². The Morgan fingerprint density at radius 3 is 2.86 bits per heavy atom. The fourth-order valence-electron chi connectivity index (χ4n) is 1.07. The summed E-state index contributed by atoms with van der Waals surface area (Å²) in [6.45, 7) is 0.244. The molecule has 0 saturated carbocycles. The molecule has 5 heteroatoms. The third kappa shape index (κ3) is 1.76. The smallest absolute Gasteiger partial charge is 0.247 e. The number of rotatable bonds is 2. The van der Waals surface area contributed by atoms with Crippen LogP contribution in [-0.4, -0.2) is 10.2 Å². The zero-order valence-electron chi connectivity index (χ0n) is 7.27. The molecule has 14 heavy (non-hydrogen) atoms. The van der Waals surface area contributed by atoms with E-state index in [1.807, 2.05) is 12.1 Å². The fraction of sp³-hybridized carbons (Fsp3) is 0.111. The third-order valence-corrected chi connectivity index (χ3v) is 1.95. The van der Waals surface area contributed by atoms with Crippen molar-refractivity contribution in [2.75, 3.05) is 0 Å². The summed E-state index contributed by atoms with van der Waals surface area (Å²) in [5.41, 5.74) is 6.14. The zero-order chi connectivity index (χ0) is 9.97. The van der Waals surface area contributed by atoms with E-state index in [9.17, 15) is 0 Å². The lowest BCUT2D eigenvalue weighted by Gasteiger charge is -1.94. The summed E-state index contributed by atoms with van der Waals surface area (Å²) in [4.78, 5) is 0. The number of hydrogen-bond acceptors (Lipinski definition) is 4. The molecule has 0 aliphatic rings. The number of halogens is 1. The van der Waals surface area contributed by atoms with Crippen molar-refractivity contribution in [2.24, 2.45) is 5.73 Å². The Hall–Kier alpha value is -1.39. The van der Waals surface area contributed by atoms with Crippen LogP contribution in [0.15, 0.2) is 28.7 Å². The SMILES string of the molecule is NCc1nnc(-c2cccc(Cl)c2)o1. The number of benzene rings is 1. The Kier molecular flexibility index (Phi) is 2.47. The van der Waals surface area contributed by atoms with Gasteiger partial charge in [-0.2, -0.15) is 0 Å². The second-order valence-corrected chi connectivity index (χ2v) is 3.15. The van der Waals surface area contributed by atoms with Gasteiger partial charge in [-0.1, -0.05) is 17.7 Å². The van der Waals surface area contributed by atoms with Crippen LogP contribution in [0.3, 0.4) is 0 Å². The molecule has 0 spiro atoms. The van der Waals surface area contributed by atoms with Crippen LogP contribution in [-0.2, 0) is 6.54 Å². The normalized spacial score (nSPS) is 10.4. The van der Waals surface area contributed by atoms with Crippen LogP contribution in [0.5, 0.6) is 0 Å². The van der Waals surface area contributed by atoms with E-state index < -0.39 is 0 Å². The maximum absolute atomic E-state index is 5.82. The lowest BCUT2D eigenvalue weighted by Crippen LogP contribution is -1.95. The minimum Gasteiger partial charge on any atom is -0.419 e. The van der Waals surface area contributed by atoms with Crippen LogP contribution >= 0.6 is 11.6 Å². The molecule has 0 radical (unpaired) electrons. The van der Waals surface area contributed by atoms with E-state index in [-0.39, 0.29) is 6.54 Å². The first-order chi connectivity index (χ1) is 6.79. The van der Waals surface area contributed by atoms with E-state index in [1.165, 1.54) is 0 Å². The minimum atomic E-state index is 0.244. The molecule has 0 amide bonds. The van der Waals surface area contributed by atoms with Gasteiger partial charge >= 0.3 is 0 Å². The monoisotopic (exact) mass is 209 g/mol. The first kappa shape index (κ1) is 9.18. The molecule has 1 heterocycles. The number of hydrogen-bond donors (Lipinski definition) is 1. The van der Waals surface area contributed by atoms with Gasteiger partial charge in [0.1, 0.15) is 0 Å². The number of nitrogens with zero attached hydrogens (tertiary/aromatic N) is 2. The van der Waals surface area contributed by atoms with E-state index in [0.717, 1.165) is 5.56 Å². The van der Waals surface area contributed by atoms with Gasteiger partial charge in [0.2, 0.25) is 11.8 Å². The maximum Gasteiger partial charge on any atom is 0.247 e. The lowest BCUT2D eigenvalue weighted by atomic mass is 10.2. The molecule has 0 fully saturated rings. The van der Waals surface area contributed by atoms with Crippen molar-refractivity contribution < 1.29 is 4.42 Å². The molecule has 0 saturated heterocycles. The summed E-state index contributed by atoms with van der Waals surface area (Å²) < 4.78 is 5.27. The standard InChI is InChI=1S/C9H8ClN3O/c10-7-3-1-2-6(4-7)9-13-12-8(5-11)14-9/h1-4H,5,11H2. The van der Waals surface area contributed by atoms with Gasteiger partial charge < -0.3 is 10.2 Å². The second-order valence-electron chi connectivity index (χ2n) is 2.72. The third-order valence-electron chi connectivity index (χ3n) is 1.71. The van der Waals surface area contributed by atoms with Gasteiger partial charge in [-0.05, 0) is 18.2 Å². The topological polar surface area (TPSA) is 64.9 Å². The van der Waals surface area contributed by atoms with Crippen molar-refractivity contribution in [1.82, 2.24) is 10.2 Å². The van der Waals surface area contributed by atoms with E-state index in [2.05, 4.69) is 10.2 Å². The highest BCUT2D eigenvalue weighted by atomic mass is 35.5. The van der Waals surface area contributed by atoms with Gasteiger partial charge in [0.15, 0.2) is 0 Å². The largest absolute Gasteiger partial charge is 0.419 e. The van der Waals surface area contributed by atoms with E-state index in [1.54, 1.807) is 12.1 Å². The minimum absolute atomic E-state index is 0.244. The molecule has 2 N–H and O–H groups in total. The summed E-state index contributed by atoms with van der Waals surface area (Å²) in [5.74, 6) is 0.855. The molecular weight excluding hydrogens is 202 g/mol. The average molecular weight is 210 g/mol. The molecule has 1 aromatic heterocycles. The van der Waals surface area contributed by atoms with E-state index >= 15 is 0 Å². The van der Waals surface area contributed by atoms with Crippen LogP contribution in [0, 0.1) is 0 Å². The predicted octanol–water partition coefficient (Wildman–Crippen LogP) is 1.85. The Bertz CT molecular complexity index is 441. The van der Waals surface area contributed by atoms with Gasteiger partial charge in [0, 0.05) is 10.6 Å². The van der Waals surface area contributed by atoms with E-state index in [4.69, 9.17) is 21.8 Å². The molecule has 0 unspecified atom stereocenters. The van der Waals surface area contributed by atoms with Crippen molar-refractivity contribution >= 4 is 11.6 Å². The van der Waals surface area contributed by atoms with Crippen LogP contribution in [0.25, 0.3) is 11.5 Å². The fourth-order valence-corrected chi connectivity index (χ4v) is 1.26. The average Bonchev–Trinajstić information content (AvgIpc) is 2.66. The molecule has 0 aliphatic heterocycles. The highest BCUT2D eigenvalue weighted by molar-refractivity contribution is 6.30. The first-order valence-electron chi connectivity index (χ1n) is 4.08. The van der Waals surface area contributed by atoms with Crippen molar-refractivity contribution in [1.29, 1.82) is 0 Å². The zero-order valence-corrected chi connectivity index (χ0v) is 8.03. The summed E-state index contributed by atoms with van der Waals surface area (Å²) in [6, 6.07) is 7.21. The Balaban J connectivity index is 2.39. The van der Waals surface area contributed by atoms with Crippen molar-refractivity contribution in [2.45, 2.75) is 6.54 Å². The van der Waals surface area contributed by atoms with Gasteiger partial charge in [-0.15, -0.1) is 10.2 Å². The Morgan fingerprint density at radius 2 is 2.21 bits per heavy atom. The predicted molar refractivity (Wildman–Crippen MR) is 52.6 cm³/mol. The van der Waals surface area contributed by atoms with Crippen molar-refractivity contribution in [3.63, 3.8) is 0 Å². The quantitative estimate of drug-likeness (QED) is 0.820. The van der Waals surface area contributed by atoms with Crippen LogP contribution in [0.2, 0.25) is 5.02 Å². The molecule has 0 atom stereocenters. The molecule has 0 aliphatic carbocycles. The van der Waals surface area contributed by atoms with Gasteiger partial charge in [0.25, 0.3) is 0 Å². The summed E-state index contributed by atoms with van der Waals surface area (Å²) in [7, 11) is 0. The summed E-state index contributed by atoms with van der Waals surface area (Å²) in [6.07, 6.45) is 0. The summed E-state index contributed by atoms with van der Waals surface area (Å²) in [5, 5.41) is 8.23. The molecule has 2 aromatic rings.